The van der Waals surface area contributed by atoms with E-state index in [1.54, 1.807) is 6.92 Å². The number of anilines is 2. The van der Waals surface area contributed by atoms with E-state index < -0.39 is 42.4 Å². The maximum absolute atomic E-state index is 14.6. The number of nitrogens with one attached hydrogen (secondary N) is 1. The van der Waals surface area contributed by atoms with Crippen LogP contribution < -0.4 is 15.0 Å². The van der Waals surface area contributed by atoms with Crippen LogP contribution in [0.4, 0.5) is 34.1 Å². The second-order valence-electron chi connectivity index (χ2n) is 6.91. The number of aromatic nitrogens is 3. The molecule has 2 atom stereocenters. The molecule has 13 heteroatoms. The van der Waals surface area contributed by atoms with E-state index in [0.29, 0.717) is 11.8 Å². The lowest BCUT2D eigenvalue weighted by molar-refractivity contribution is -0.137. The summed E-state index contributed by atoms with van der Waals surface area (Å²) in [6.45, 7) is 0.899. The molecule has 2 aromatic rings. The fourth-order valence-corrected chi connectivity index (χ4v) is 3.16. The highest BCUT2D eigenvalue weighted by molar-refractivity contribution is 5.98. The predicted octanol–water partition coefficient (Wildman–Crippen LogP) is 2.90. The van der Waals surface area contributed by atoms with Gasteiger partial charge in [-0.3, -0.25) is 9.69 Å². The Hall–Kier alpha value is -3.51. The molecule has 0 aromatic carbocycles. The second kappa shape index (κ2) is 9.32. The Bertz CT molecular complexity index is 972. The number of rotatable bonds is 7. The Morgan fingerprint density at radius 1 is 1.31 bits per heavy atom. The Morgan fingerprint density at radius 2 is 2.00 bits per heavy atom. The number of halogens is 4. The number of amides is 3. The zero-order chi connectivity index (χ0) is 23.5. The summed E-state index contributed by atoms with van der Waals surface area (Å²) < 4.78 is 58.1. The topological polar surface area (TPSA) is 101 Å². The van der Waals surface area contributed by atoms with Crippen LogP contribution in [-0.4, -0.2) is 64.2 Å². The van der Waals surface area contributed by atoms with Gasteiger partial charge in [-0.2, -0.15) is 13.2 Å². The summed E-state index contributed by atoms with van der Waals surface area (Å²) in [4.78, 5) is 39.2. The Morgan fingerprint density at radius 3 is 2.59 bits per heavy atom. The molecule has 1 fully saturated rings. The molecule has 9 nitrogen and oxygen atoms in total. The van der Waals surface area contributed by atoms with Crippen LogP contribution in [0.25, 0.3) is 0 Å². The number of carbonyl (C=O) groups is 2. The van der Waals surface area contributed by atoms with E-state index in [2.05, 4.69) is 20.3 Å². The molecule has 2 aromatic heterocycles. The minimum absolute atomic E-state index is 0.00607. The van der Waals surface area contributed by atoms with E-state index >= 15 is 0 Å². The van der Waals surface area contributed by atoms with E-state index in [-0.39, 0.29) is 24.7 Å². The average molecular weight is 456 g/mol. The number of pyridine rings is 1. The summed E-state index contributed by atoms with van der Waals surface area (Å²) in [7, 11) is 1.42. The van der Waals surface area contributed by atoms with Crippen LogP contribution in [0.15, 0.2) is 30.7 Å². The number of urea groups is 1. The van der Waals surface area contributed by atoms with Crippen LogP contribution in [-0.2, 0) is 11.0 Å². The third kappa shape index (κ3) is 5.03. The zero-order valence-corrected chi connectivity index (χ0v) is 17.1. The van der Waals surface area contributed by atoms with Gasteiger partial charge < -0.3 is 15.0 Å². The van der Waals surface area contributed by atoms with E-state index in [1.165, 1.54) is 19.5 Å². The van der Waals surface area contributed by atoms with Crippen molar-refractivity contribution < 1.29 is 31.9 Å². The molecular formula is C19H20F4N6O3. The molecule has 0 bridgehead atoms. The summed E-state index contributed by atoms with van der Waals surface area (Å²) in [6, 6.07) is -0.248. The first kappa shape index (κ1) is 23.2. The third-order valence-electron chi connectivity index (χ3n) is 4.81. The van der Waals surface area contributed by atoms with Crippen LogP contribution in [0.3, 0.4) is 0 Å². The fourth-order valence-electron chi connectivity index (χ4n) is 3.16. The Labute approximate surface area is 180 Å². The van der Waals surface area contributed by atoms with E-state index in [4.69, 9.17) is 4.74 Å². The van der Waals surface area contributed by atoms with E-state index in [9.17, 15) is 27.2 Å². The summed E-state index contributed by atoms with van der Waals surface area (Å²) in [5.41, 5.74) is -0.990. The van der Waals surface area contributed by atoms with Gasteiger partial charge in [-0.05, 0) is 18.6 Å². The largest absolute Gasteiger partial charge is 0.494 e. The number of hydrogen-bond acceptors (Lipinski definition) is 6. The Kier molecular flexibility index (Phi) is 6.75. The first-order valence-electron chi connectivity index (χ1n) is 9.55. The van der Waals surface area contributed by atoms with Crippen molar-refractivity contribution in [2.45, 2.75) is 31.7 Å². The van der Waals surface area contributed by atoms with Gasteiger partial charge in [0, 0.05) is 6.20 Å². The average Bonchev–Trinajstić information content (AvgIpc) is 3.09. The SMILES string of the molecule is CC[C@H](F)[C@H]1CN(c2ncc(OC)cn2)C(=O)N1CC(=O)Nc1cc(C(F)(F)F)ccn1. The van der Waals surface area contributed by atoms with Gasteiger partial charge in [-0.25, -0.2) is 24.1 Å². The van der Waals surface area contributed by atoms with Crippen molar-refractivity contribution in [3.63, 3.8) is 0 Å². The molecule has 1 N–H and O–H groups in total. The van der Waals surface area contributed by atoms with Crippen molar-refractivity contribution in [3.8, 4) is 5.75 Å². The molecule has 0 unspecified atom stereocenters. The predicted molar refractivity (Wildman–Crippen MR) is 105 cm³/mol. The molecule has 1 aliphatic rings. The van der Waals surface area contributed by atoms with Crippen molar-refractivity contribution in [2.24, 2.45) is 0 Å². The van der Waals surface area contributed by atoms with Crippen molar-refractivity contribution in [1.82, 2.24) is 19.9 Å². The monoisotopic (exact) mass is 456 g/mol. The van der Waals surface area contributed by atoms with Gasteiger partial charge in [0.1, 0.15) is 18.5 Å². The van der Waals surface area contributed by atoms with Crippen LogP contribution in [0.2, 0.25) is 0 Å². The lowest BCUT2D eigenvalue weighted by Crippen LogP contribution is -2.44. The number of alkyl halides is 4. The first-order valence-corrected chi connectivity index (χ1v) is 9.55. The maximum atomic E-state index is 14.6. The molecule has 3 rings (SSSR count). The maximum Gasteiger partial charge on any atom is 0.416 e. The van der Waals surface area contributed by atoms with Crippen LogP contribution in [0.1, 0.15) is 18.9 Å². The molecular weight excluding hydrogens is 436 g/mol. The summed E-state index contributed by atoms with van der Waals surface area (Å²) in [6.07, 6.45) is -2.39. The highest BCUT2D eigenvalue weighted by Gasteiger charge is 2.43. The number of nitrogens with zero attached hydrogens (tertiary/aromatic N) is 5. The lowest BCUT2D eigenvalue weighted by atomic mass is 10.1. The normalized spacial score (nSPS) is 17.4. The number of carbonyl (C=O) groups excluding carboxylic acids is 2. The molecule has 0 saturated carbocycles. The van der Waals surface area contributed by atoms with Crippen molar-refractivity contribution in [2.75, 3.05) is 30.4 Å². The molecule has 172 valence electrons. The van der Waals surface area contributed by atoms with E-state index in [1.807, 2.05) is 0 Å². The number of methoxy groups -OCH3 is 1. The lowest BCUT2D eigenvalue weighted by Gasteiger charge is -2.24. The summed E-state index contributed by atoms with van der Waals surface area (Å²) in [5, 5.41) is 2.22. The smallest absolute Gasteiger partial charge is 0.416 e. The minimum atomic E-state index is -4.61. The van der Waals surface area contributed by atoms with Crippen LogP contribution in [0.5, 0.6) is 5.75 Å². The van der Waals surface area contributed by atoms with Crippen molar-refractivity contribution >= 4 is 23.7 Å². The molecule has 1 aliphatic heterocycles. The second-order valence-corrected chi connectivity index (χ2v) is 6.91. The van der Waals surface area contributed by atoms with Gasteiger partial charge in [0.25, 0.3) is 0 Å². The van der Waals surface area contributed by atoms with E-state index in [0.717, 1.165) is 22.1 Å². The number of ether oxygens (including phenoxy) is 1. The third-order valence-corrected chi connectivity index (χ3v) is 4.81. The molecule has 3 amide bonds. The molecule has 3 heterocycles. The standard InChI is InChI=1S/C19H20F4N6O3/c1-3-13(20)14-9-29(17-25-7-12(32-2)8-26-17)18(31)28(14)10-16(30)27-15-6-11(4-5-24-15)19(21,22)23/h4-8,13-14H,3,9-10H2,1-2H3,(H,24,27,30)/t13-,14+/m0/s1. The van der Waals surface area contributed by atoms with Gasteiger partial charge >= 0.3 is 12.2 Å². The van der Waals surface area contributed by atoms with Crippen molar-refractivity contribution in [3.05, 3.63) is 36.3 Å². The highest BCUT2D eigenvalue weighted by Crippen LogP contribution is 2.30. The quantitative estimate of drug-likeness (QED) is 0.643. The summed E-state index contributed by atoms with van der Waals surface area (Å²) in [5.74, 6) is -0.795. The molecule has 0 spiro atoms. The molecule has 32 heavy (non-hydrogen) atoms. The van der Waals surface area contributed by atoms with Crippen LogP contribution >= 0.6 is 0 Å². The summed E-state index contributed by atoms with van der Waals surface area (Å²) >= 11 is 0. The number of hydrogen-bond donors (Lipinski definition) is 1. The minimum Gasteiger partial charge on any atom is -0.494 e. The zero-order valence-electron chi connectivity index (χ0n) is 17.1. The van der Waals surface area contributed by atoms with Gasteiger partial charge in [-0.1, -0.05) is 6.92 Å². The van der Waals surface area contributed by atoms with Crippen LogP contribution in [0, 0.1) is 0 Å². The molecule has 0 radical (unpaired) electrons. The van der Waals surface area contributed by atoms with Gasteiger partial charge in [0.2, 0.25) is 11.9 Å². The first-order chi connectivity index (χ1) is 15.1. The van der Waals surface area contributed by atoms with Gasteiger partial charge in [-0.15, -0.1) is 0 Å². The Balaban J connectivity index is 1.76. The van der Waals surface area contributed by atoms with Gasteiger partial charge in [0.15, 0.2) is 5.75 Å². The van der Waals surface area contributed by atoms with Gasteiger partial charge in [0.05, 0.1) is 37.7 Å². The highest BCUT2D eigenvalue weighted by atomic mass is 19.4. The van der Waals surface area contributed by atoms with Crippen molar-refractivity contribution in [1.29, 1.82) is 0 Å². The molecule has 1 saturated heterocycles. The fraction of sp³-hybridized carbons (Fsp3) is 0.421. The molecule has 0 aliphatic carbocycles.